The summed E-state index contributed by atoms with van der Waals surface area (Å²) < 4.78 is 1.50. The second-order valence-electron chi connectivity index (χ2n) is 1.59. The number of hydrogen-bond acceptors (Lipinski definition) is 2. The highest BCUT2D eigenvalue weighted by molar-refractivity contribution is 9.13. The van der Waals surface area contributed by atoms with Crippen LogP contribution in [0.25, 0.3) is 0 Å². The first-order chi connectivity index (χ1) is 4.20. The first kappa shape index (κ1) is 7.15. The van der Waals surface area contributed by atoms with E-state index in [-0.39, 0.29) is 0 Å². The van der Waals surface area contributed by atoms with Crippen LogP contribution in [0.4, 0.5) is 0 Å². The van der Waals surface area contributed by atoms with Gasteiger partial charge in [-0.3, -0.25) is 0 Å². The molecule has 2 nitrogen and oxygen atoms in total. The van der Waals surface area contributed by atoms with Crippen molar-refractivity contribution in [3.63, 3.8) is 0 Å². The Bertz CT molecular complexity index is 224. The molecule has 0 radical (unpaired) electrons. The second kappa shape index (κ2) is 2.75. The number of hydrogen-bond donors (Lipinski definition) is 0. The summed E-state index contributed by atoms with van der Waals surface area (Å²) >= 11 is 6.43. The fourth-order valence-electron chi connectivity index (χ4n) is 0.433. The molecule has 0 aromatic carbocycles. The molecular weight excluding hydrogens is 248 g/mol. The molecule has 0 N–H and O–H groups in total. The maximum absolute atomic E-state index is 4.08. The van der Waals surface area contributed by atoms with Crippen LogP contribution in [-0.2, 0) is 0 Å². The van der Waals surface area contributed by atoms with E-state index in [0.29, 0.717) is 0 Å². The van der Waals surface area contributed by atoms with Crippen molar-refractivity contribution in [3.8, 4) is 0 Å². The maximum atomic E-state index is 4.08. The lowest BCUT2D eigenvalue weighted by atomic mass is 10.5. The standard InChI is InChI=1S/C5H4Br2N2/c1-3-2-8-4(6)5(7)9-3/h2H,1H3. The molecule has 0 aliphatic carbocycles. The molecule has 0 saturated heterocycles. The maximum Gasteiger partial charge on any atom is 0.139 e. The third-order valence-corrected chi connectivity index (χ3v) is 2.47. The molecule has 0 saturated carbocycles. The van der Waals surface area contributed by atoms with E-state index < -0.39 is 0 Å². The van der Waals surface area contributed by atoms with Gasteiger partial charge in [-0.1, -0.05) is 0 Å². The monoisotopic (exact) mass is 250 g/mol. The summed E-state index contributed by atoms with van der Waals surface area (Å²) in [7, 11) is 0. The van der Waals surface area contributed by atoms with Crippen molar-refractivity contribution in [3.05, 3.63) is 21.1 Å². The fourth-order valence-corrected chi connectivity index (χ4v) is 1.01. The van der Waals surface area contributed by atoms with E-state index in [9.17, 15) is 0 Å². The van der Waals surface area contributed by atoms with E-state index in [2.05, 4.69) is 41.8 Å². The summed E-state index contributed by atoms with van der Waals surface area (Å²) in [4.78, 5) is 8.07. The molecule has 0 fully saturated rings. The molecule has 0 aliphatic rings. The quantitative estimate of drug-likeness (QED) is 0.707. The Kier molecular flexibility index (Phi) is 2.18. The van der Waals surface area contributed by atoms with Crippen LogP contribution >= 0.6 is 31.9 Å². The molecule has 48 valence electrons. The lowest BCUT2D eigenvalue weighted by molar-refractivity contribution is 1.06. The van der Waals surface area contributed by atoms with Gasteiger partial charge in [0.2, 0.25) is 0 Å². The minimum atomic E-state index is 0.744. The van der Waals surface area contributed by atoms with Crippen LogP contribution < -0.4 is 0 Å². The molecule has 0 amide bonds. The van der Waals surface area contributed by atoms with Gasteiger partial charge >= 0.3 is 0 Å². The zero-order valence-electron chi connectivity index (χ0n) is 4.73. The molecule has 1 rings (SSSR count). The van der Waals surface area contributed by atoms with E-state index in [4.69, 9.17) is 0 Å². The molecule has 1 aromatic rings. The van der Waals surface area contributed by atoms with Gasteiger partial charge < -0.3 is 0 Å². The highest BCUT2D eigenvalue weighted by Gasteiger charge is 1.96. The summed E-state index contributed by atoms with van der Waals surface area (Å²) in [5, 5.41) is 0. The van der Waals surface area contributed by atoms with Crippen molar-refractivity contribution in [2.45, 2.75) is 6.92 Å². The summed E-state index contributed by atoms with van der Waals surface area (Å²) in [5.74, 6) is 0. The topological polar surface area (TPSA) is 25.8 Å². The van der Waals surface area contributed by atoms with Crippen LogP contribution in [-0.4, -0.2) is 9.97 Å². The number of halogens is 2. The highest BCUT2D eigenvalue weighted by atomic mass is 79.9. The predicted molar refractivity (Wildman–Crippen MR) is 42.2 cm³/mol. The van der Waals surface area contributed by atoms with Gasteiger partial charge in [-0.05, 0) is 38.8 Å². The summed E-state index contributed by atoms with van der Waals surface area (Å²) in [6, 6.07) is 0. The molecule has 9 heavy (non-hydrogen) atoms. The highest BCUT2D eigenvalue weighted by Crippen LogP contribution is 2.16. The molecule has 0 atom stereocenters. The fraction of sp³-hybridized carbons (Fsp3) is 0.200. The van der Waals surface area contributed by atoms with E-state index in [1.54, 1.807) is 6.20 Å². The average Bonchev–Trinajstić information content (AvgIpc) is 1.80. The van der Waals surface area contributed by atoms with Crippen LogP contribution in [0.3, 0.4) is 0 Å². The van der Waals surface area contributed by atoms with Gasteiger partial charge in [-0.15, -0.1) is 0 Å². The van der Waals surface area contributed by atoms with Gasteiger partial charge in [0.05, 0.1) is 5.69 Å². The zero-order valence-corrected chi connectivity index (χ0v) is 7.90. The van der Waals surface area contributed by atoms with Crippen molar-refractivity contribution in [1.82, 2.24) is 9.97 Å². The summed E-state index contributed by atoms with van der Waals surface area (Å²) in [6.07, 6.45) is 1.70. The molecule has 0 spiro atoms. The van der Waals surface area contributed by atoms with Crippen LogP contribution in [0.5, 0.6) is 0 Å². The molecule has 0 aliphatic heterocycles. The minimum Gasteiger partial charge on any atom is -0.245 e. The smallest absolute Gasteiger partial charge is 0.139 e. The zero-order chi connectivity index (χ0) is 6.85. The van der Waals surface area contributed by atoms with Crippen LogP contribution in [0.2, 0.25) is 0 Å². The van der Waals surface area contributed by atoms with Gasteiger partial charge in [0.25, 0.3) is 0 Å². The van der Waals surface area contributed by atoms with Gasteiger partial charge in [0, 0.05) is 6.20 Å². The third kappa shape index (κ3) is 1.72. The summed E-state index contributed by atoms with van der Waals surface area (Å²) in [5.41, 5.74) is 0.907. The largest absolute Gasteiger partial charge is 0.245 e. The van der Waals surface area contributed by atoms with Gasteiger partial charge in [-0.2, -0.15) is 0 Å². The van der Waals surface area contributed by atoms with Crippen LogP contribution in [0.15, 0.2) is 15.4 Å². The van der Waals surface area contributed by atoms with Crippen molar-refractivity contribution in [1.29, 1.82) is 0 Å². The first-order valence-corrected chi connectivity index (χ1v) is 3.93. The van der Waals surface area contributed by atoms with Crippen molar-refractivity contribution in [2.24, 2.45) is 0 Å². The van der Waals surface area contributed by atoms with Gasteiger partial charge in [-0.25, -0.2) is 9.97 Å². The Morgan fingerprint density at radius 1 is 1.33 bits per heavy atom. The Morgan fingerprint density at radius 3 is 2.44 bits per heavy atom. The Hall–Kier alpha value is 0.0400. The number of rotatable bonds is 0. The Morgan fingerprint density at radius 2 is 2.00 bits per heavy atom. The Balaban J connectivity index is 3.17. The molecule has 0 unspecified atom stereocenters. The van der Waals surface area contributed by atoms with Crippen molar-refractivity contribution < 1.29 is 0 Å². The lowest BCUT2D eigenvalue weighted by Gasteiger charge is -1.93. The van der Waals surface area contributed by atoms with Gasteiger partial charge in [0.15, 0.2) is 0 Å². The van der Waals surface area contributed by atoms with E-state index >= 15 is 0 Å². The molecule has 1 heterocycles. The number of nitrogens with zero attached hydrogens (tertiary/aromatic N) is 2. The first-order valence-electron chi connectivity index (χ1n) is 2.35. The summed E-state index contributed by atoms with van der Waals surface area (Å²) in [6.45, 7) is 1.89. The second-order valence-corrected chi connectivity index (χ2v) is 3.10. The van der Waals surface area contributed by atoms with Crippen LogP contribution in [0, 0.1) is 6.92 Å². The number of aryl methyl sites for hydroxylation is 1. The van der Waals surface area contributed by atoms with E-state index in [0.717, 1.165) is 14.9 Å². The van der Waals surface area contributed by atoms with Crippen molar-refractivity contribution >= 4 is 31.9 Å². The predicted octanol–water partition coefficient (Wildman–Crippen LogP) is 2.31. The lowest BCUT2D eigenvalue weighted by Crippen LogP contribution is -1.85. The third-order valence-electron chi connectivity index (χ3n) is 0.809. The molecule has 4 heteroatoms. The van der Waals surface area contributed by atoms with Gasteiger partial charge in [0.1, 0.15) is 9.21 Å². The molecule has 1 aromatic heterocycles. The molecule has 0 bridgehead atoms. The minimum absolute atomic E-state index is 0.744. The van der Waals surface area contributed by atoms with Crippen LogP contribution in [0.1, 0.15) is 5.69 Å². The Labute approximate surface area is 70.0 Å². The van der Waals surface area contributed by atoms with E-state index in [1.165, 1.54) is 0 Å². The molecular formula is C5H4Br2N2. The number of aromatic nitrogens is 2. The van der Waals surface area contributed by atoms with E-state index in [1.807, 2.05) is 6.92 Å². The van der Waals surface area contributed by atoms with Crippen molar-refractivity contribution in [2.75, 3.05) is 0 Å². The SMILES string of the molecule is Cc1cnc(Br)c(Br)n1. The average molecular weight is 252 g/mol. The normalized spacial score (nSPS) is 9.67.